The van der Waals surface area contributed by atoms with Gasteiger partial charge in [0, 0.05) is 108 Å². The number of morpholine rings is 1. The molecule has 8 aromatic rings. The molecule has 8 fully saturated rings. The van der Waals surface area contributed by atoms with Crippen molar-refractivity contribution in [2.75, 3.05) is 76.9 Å². The van der Waals surface area contributed by atoms with E-state index in [2.05, 4.69) is 246 Å². The van der Waals surface area contributed by atoms with Crippen molar-refractivity contribution in [1.29, 1.82) is 0 Å². The molecule has 3 N–H and O–H groups in total. The van der Waals surface area contributed by atoms with Crippen LogP contribution in [0.5, 0.6) is 0 Å². The summed E-state index contributed by atoms with van der Waals surface area (Å²) in [5, 5.41) is 3.08. The molecule has 5 aliphatic carbocycles. The van der Waals surface area contributed by atoms with Gasteiger partial charge in [-0.05, 0) is 348 Å². The molecule has 0 radical (unpaired) electrons. The average Bonchev–Trinajstić information content (AvgIpc) is 1.66. The minimum Gasteiger partial charge on any atom is -0.772 e. The molecule has 7 aromatic carbocycles. The van der Waals surface area contributed by atoms with Crippen molar-refractivity contribution in [2.45, 2.75) is 393 Å². The normalized spacial score (nSPS) is 24.1. The molecule has 5 saturated carbocycles. The Hall–Kier alpha value is -7.30. The maximum absolute atomic E-state index is 12.2. The Kier molecular flexibility index (Phi) is 52.0. The number of benzene rings is 7. The molecular formula is C125H190N7O13S5-3. The minimum atomic E-state index is -2.91. The smallest absolute Gasteiger partial charge is 0.407 e. The Morgan fingerprint density at radius 1 is 0.393 bits per heavy atom. The maximum atomic E-state index is 12.2. The van der Waals surface area contributed by atoms with Gasteiger partial charge in [-0.1, -0.05) is 295 Å². The number of carbonyl (C=O) groups excluding carboxylic acids is 1. The monoisotopic (exact) mass is 2160 g/mol. The van der Waals surface area contributed by atoms with E-state index in [1.807, 2.05) is 20.8 Å². The van der Waals surface area contributed by atoms with Crippen molar-refractivity contribution in [2.24, 2.45) is 64.9 Å². The summed E-state index contributed by atoms with van der Waals surface area (Å²) in [5.41, 5.74) is 23.3. The number of hydrogen-bond acceptors (Lipinski definition) is 18. The highest BCUT2D eigenvalue weighted by Crippen LogP contribution is 2.41. The molecule has 1 aromatic heterocycles. The lowest BCUT2D eigenvalue weighted by atomic mass is 9.80. The number of ether oxygens (including phenoxy) is 2. The second kappa shape index (κ2) is 62.6. The van der Waals surface area contributed by atoms with E-state index < -0.39 is 58.5 Å². The summed E-state index contributed by atoms with van der Waals surface area (Å²) in [6.45, 7) is 41.2. The van der Waals surface area contributed by atoms with Crippen LogP contribution in [-0.4, -0.2) is 167 Å². The molecule has 5 unspecified atom stereocenters. The van der Waals surface area contributed by atoms with E-state index in [0.717, 1.165) is 151 Å². The summed E-state index contributed by atoms with van der Waals surface area (Å²) in [7, 11) is -5.81. The summed E-state index contributed by atoms with van der Waals surface area (Å²) in [4.78, 5) is 21.6. The number of rotatable bonds is 30. The predicted octanol–water partition coefficient (Wildman–Crippen LogP) is 27.5. The van der Waals surface area contributed by atoms with Crippen LogP contribution in [0.2, 0.25) is 0 Å². The summed E-state index contributed by atoms with van der Waals surface area (Å²) >= 11 is -5.60. The number of hydrogen-bond donors (Lipinski definition) is 2. The van der Waals surface area contributed by atoms with Gasteiger partial charge in [-0.15, -0.1) is 0 Å². The molecule has 5 heterocycles. The molecule has 4 aliphatic heterocycles. The van der Waals surface area contributed by atoms with Gasteiger partial charge in [0.1, 0.15) is 5.60 Å². The van der Waals surface area contributed by atoms with E-state index in [-0.39, 0.29) is 38.4 Å². The number of para-hydroxylation sites is 2. The van der Waals surface area contributed by atoms with Gasteiger partial charge < -0.3 is 58.3 Å². The number of aryl methyl sites for hydroxylation is 5. The Labute approximate surface area is 914 Å². The van der Waals surface area contributed by atoms with E-state index in [1.54, 1.807) is 69.2 Å². The zero-order chi connectivity index (χ0) is 109. The van der Waals surface area contributed by atoms with Gasteiger partial charge in [0.2, 0.25) is 0 Å². The topological polar surface area (TPSA) is 280 Å². The van der Waals surface area contributed by atoms with Crippen LogP contribution in [0.4, 0.5) is 33.2 Å². The fourth-order valence-electron chi connectivity index (χ4n) is 22.3. The van der Waals surface area contributed by atoms with E-state index in [0.29, 0.717) is 41.6 Å². The summed E-state index contributed by atoms with van der Waals surface area (Å²) < 4.78 is 120. The molecule has 836 valence electrons. The highest BCUT2D eigenvalue weighted by molar-refractivity contribution is 7.92. The quantitative estimate of drug-likeness (QED) is 0.0396. The summed E-state index contributed by atoms with van der Waals surface area (Å²) in [6, 6.07) is 65.5. The Morgan fingerprint density at radius 3 is 1.07 bits per heavy atom. The van der Waals surface area contributed by atoms with E-state index in [1.165, 1.54) is 233 Å². The van der Waals surface area contributed by atoms with Gasteiger partial charge >= 0.3 is 6.09 Å². The molecule has 0 spiro atoms. The largest absolute Gasteiger partial charge is 0.772 e. The summed E-state index contributed by atoms with van der Waals surface area (Å²) in [6.07, 6.45) is 44.3. The first-order valence-electron chi connectivity index (χ1n) is 57.6. The van der Waals surface area contributed by atoms with Crippen molar-refractivity contribution in [3.05, 3.63) is 216 Å². The van der Waals surface area contributed by atoms with Gasteiger partial charge in [-0.3, -0.25) is 12.6 Å². The lowest BCUT2D eigenvalue weighted by Crippen LogP contribution is -2.45. The SMILES string of the molecule is CC(C)S(=O)(=O)CC1CCC(CCc2ccc(-n3ccc4ccccc43)cc2)CC1.CC(C)S(=O)(=O)CC1CCC(CCc2ccc(N3CCc4ccccc43)cc2)CC1.CC(C)S(=O)[O-].CC(C)S(=O)[O-].CC(C)S(=O)[O-].CC1CCC(CCc2ccc(N3CCC(N)C3)cc2)CC1.CC1CCC(CCc2ccc(N3CCC(NC(=O)OC(C)(C)C)C3)cc2)CC1.CC1CCC(CCc2ccc(N3C[C@@H](C)O[C@@H](C)C3)cc2)CC1. The third kappa shape index (κ3) is 43.7. The minimum absolute atomic E-state index is 0.156. The molecule has 9 aliphatic rings. The third-order valence-corrected chi connectivity index (χ3v) is 39.5. The van der Waals surface area contributed by atoms with Crippen LogP contribution in [0.1, 0.15) is 331 Å². The second-order valence-corrected chi connectivity index (χ2v) is 57.5. The molecule has 25 heteroatoms. The lowest BCUT2D eigenvalue weighted by molar-refractivity contribution is -0.00523. The molecule has 150 heavy (non-hydrogen) atoms. The van der Waals surface area contributed by atoms with E-state index in [4.69, 9.17) is 15.2 Å². The van der Waals surface area contributed by atoms with Crippen molar-refractivity contribution in [1.82, 2.24) is 9.88 Å². The van der Waals surface area contributed by atoms with Crippen molar-refractivity contribution < 1.29 is 57.4 Å². The number of amides is 1. The number of sulfone groups is 2. The number of anilines is 5. The first-order chi connectivity index (χ1) is 71.4. The Morgan fingerprint density at radius 2 is 0.713 bits per heavy atom. The van der Waals surface area contributed by atoms with Gasteiger partial charge in [-0.25, -0.2) is 21.6 Å². The molecule has 1 amide bonds. The Balaban J connectivity index is 0.000000184. The third-order valence-electron chi connectivity index (χ3n) is 32.5. The van der Waals surface area contributed by atoms with E-state index in [9.17, 15) is 47.9 Å². The fraction of sp³-hybridized carbons (Fsp3) is 0.640. The van der Waals surface area contributed by atoms with Gasteiger partial charge in [0.05, 0.1) is 45.8 Å². The lowest BCUT2D eigenvalue weighted by Gasteiger charge is -2.37. The zero-order valence-electron chi connectivity index (χ0n) is 94.7. The number of nitrogens with zero attached hydrogens (tertiary/aromatic N) is 5. The number of nitrogens with two attached hydrogens (primary N) is 1. The van der Waals surface area contributed by atoms with Crippen molar-refractivity contribution in [3.63, 3.8) is 0 Å². The fourth-order valence-corrected chi connectivity index (χ4v) is 25.1. The van der Waals surface area contributed by atoms with Crippen LogP contribution < -0.4 is 30.7 Å². The highest BCUT2D eigenvalue weighted by atomic mass is 32.2. The van der Waals surface area contributed by atoms with Gasteiger partial charge in [0.15, 0.2) is 19.7 Å². The second-order valence-electron chi connectivity index (χ2n) is 47.9. The van der Waals surface area contributed by atoms with Crippen molar-refractivity contribution >= 4 is 98.3 Å². The standard InChI is InChI=1S/C26H35NO2S.C26H33NO2S.C24H38N2O2.C21H33NO.C19H30N2.3C3H8O2S/c2*1-20(2)30(28,29)19-23-11-9-21(10-12-23)7-8-22-13-15-25(16-14-22)27-18-17-24-5-3-4-6-26(24)27;1-18-5-7-19(8-6-18)9-10-20-11-13-22(14-12-20)26-16-15-21(17-26)25-23(27)28-24(2,3)4;1-16-4-6-19(7-5-16)8-9-20-10-12-21(13-11-20)22-14-17(2)23-18(3)15-22;1-15-2-4-16(5-3-15)6-7-17-8-10-19(11-9-17)21-13-12-18(20)14-21;3*1-3(2)6(4)5/h3-6,13-16,20-21,23H,7-12,17-19H2,1-2H3;3-6,13-18,20-21,23H,7-12,19H2,1-2H3;11-14,18-19,21H,5-10,15-17H2,1-4H3,(H,25,27);10-13,16-19H,4-9,14-15H2,1-3H3;8-11,15-16,18H,2-7,12-14,20H2,1H3;3*3H,1-2H3,(H,4,5)/p-3/t;;;16?,17-,18+,19?;;;;. The van der Waals surface area contributed by atoms with Gasteiger partial charge in [-0.2, -0.15) is 0 Å². The molecule has 0 bridgehead atoms. The van der Waals surface area contributed by atoms with Crippen LogP contribution in [0.15, 0.2) is 182 Å². The molecule has 20 nitrogen and oxygen atoms in total. The molecular weight excluding hydrogens is 1970 g/mol. The van der Waals surface area contributed by atoms with Crippen LogP contribution in [0, 0.1) is 59.2 Å². The van der Waals surface area contributed by atoms with Crippen LogP contribution in [-0.2, 0) is 101 Å². The first kappa shape index (κ1) is 125. The van der Waals surface area contributed by atoms with Crippen LogP contribution >= 0.6 is 0 Å². The molecule has 7 atom stereocenters. The zero-order valence-corrected chi connectivity index (χ0v) is 98.7. The maximum Gasteiger partial charge on any atom is 0.407 e. The number of nitrogens with one attached hydrogen (secondary N) is 1. The number of carbonyl (C=O) groups is 1. The number of fused-ring (bicyclic) bond motifs is 2. The van der Waals surface area contributed by atoms with Crippen LogP contribution in [0.25, 0.3) is 16.6 Å². The first-order valence-corrected chi connectivity index (χ1v) is 64.4. The number of alkyl carbamates (subject to hydrolysis) is 1. The van der Waals surface area contributed by atoms with Gasteiger partial charge in [0.25, 0.3) is 0 Å². The molecule has 3 saturated heterocycles. The van der Waals surface area contributed by atoms with Crippen molar-refractivity contribution in [3.8, 4) is 5.69 Å². The van der Waals surface area contributed by atoms with E-state index >= 15 is 0 Å². The summed E-state index contributed by atoms with van der Waals surface area (Å²) in [5.74, 6) is 8.70. The Bertz CT molecular complexity index is 5470. The molecule has 17 rings (SSSR count). The highest BCUT2D eigenvalue weighted by Gasteiger charge is 2.33. The average molecular weight is 2160 g/mol. The van der Waals surface area contributed by atoms with Crippen LogP contribution in [0.3, 0.4) is 0 Å². The predicted molar refractivity (Wildman–Crippen MR) is 629 cm³/mol. The number of aromatic nitrogens is 1.